The van der Waals surface area contributed by atoms with E-state index in [1.165, 1.54) is 25.7 Å². The molecule has 0 heterocycles. The lowest BCUT2D eigenvalue weighted by Crippen LogP contribution is -2.39. The van der Waals surface area contributed by atoms with Crippen LogP contribution < -0.4 is 0 Å². The summed E-state index contributed by atoms with van der Waals surface area (Å²) >= 11 is 0. The second-order valence-corrected chi connectivity index (χ2v) is 3.94. The van der Waals surface area contributed by atoms with Gasteiger partial charge in [-0.2, -0.15) is 0 Å². The second-order valence-electron chi connectivity index (χ2n) is 3.94. The second kappa shape index (κ2) is 4.61. The molecule has 0 aromatic rings. The zero-order valence-electron chi connectivity index (χ0n) is 8.12. The van der Waals surface area contributed by atoms with Crippen molar-refractivity contribution in [2.24, 2.45) is 5.92 Å². The SMILES string of the molecule is CC1CCCCC1N(C)CC=O. The van der Waals surface area contributed by atoms with Crippen molar-refractivity contribution < 1.29 is 4.79 Å². The van der Waals surface area contributed by atoms with Crippen LogP contribution in [0.3, 0.4) is 0 Å². The number of carbonyl (C=O) groups is 1. The third-order valence-corrected chi connectivity index (χ3v) is 2.99. The van der Waals surface area contributed by atoms with Crippen molar-refractivity contribution in [3.05, 3.63) is 0 Å². The number of aldehydes is 1. The molecule has 0 aliphatic heterocycles. The van der Waals surface area contributed by atoms with Gasteiger partial charge in [0, 0.05) is 6.04 Å². The highest BCUT2D eigenvalue weighted by atomic mass is 16.1. The number of hydrogen-bond donors (Lipinski definition) is 0. The van der Waals surface area contributed by atoms with Crippen LogP contribution in [0.15, 0.2) is 0 Å². The molecule has 0 bridgehead atoms. The minimum Gasteiger partial charge on any atom is -0.302 e. The largest absolute Gasteiger partial charge is 0.302 e. The normalized spacial score (nSPS) is 30.6. The Morgan fingerprint density at radius 3 is 2.67 bits per heavy atom. The van der Waals surface area contributed by atoms with Gasteiger partial charge in [0.05, 0.1) is 6.54 Å². The molecule has 2 nitrogen and oxygen atoms in total. The van der Waals surface area contributed by atoms with Crippen molar-refractivity contribution in [1.29, 1.82) is 0 Å². The molecular formula is C10H19NO. The maximum absolute atomic E-state index is 10.3. The maximum Gasteiger partial charge on any atom is 0.133 e. The Hall–Kier alpha value is -0.370. The summed E-state index contributed by atoms with van der Waals surface area (Å²) in [5.74, 6) is 0.767. The van der Waals surface area contributed by atoms with Crippen LogP contribution in [0.2, 0.25) is 0 Å². The molecule has 1 fully saturated rings. The fraction of sp³-hybridized carbons (Fsp3) is 0.900. The number of nitrogens with zero attached hydrogens (tertiary/aromatic N) is 1. The van der Waals surface area contributed by atoms with Crippen molar-refractivity contribution in [2.75, 3.05) is 13.6 Å². The Kier molecular flexibility index (Phi) is 3.73. The van der Waals surface area contributed by atoms with E-state index < -0.39 is 0 Å². The van der Waals surface area contributed by atoms with E-state index >= 15 is 0 Å². The summed E-state index contributed by atoms with van der Waals surface area (Å²) in [6, 6.07) is 0.643. The zero-order chi connectivity index (χ0) is 8.97. The fourth-order valence-corrected chi connectivity index (χ4v) is 2.20. The highest BCUT2D eigenvalue weighted by Gasteiger charge is 2.24. The molecule has 1 aliphatic rings. The first-order valence-corrected chi connectivity index (χ1v) is 4.89. The van der Waals surface area contributed by atoms with Crippen LogP contribution in [-0.4, -0.2) is 30.8 Å². The van der Waals surface area contributed by atoms with E-state index in [2.05, 4.69) is 18.9 Å². The van der Waals surface area contributed by atoms with Crippen molar-refractivity contribution in [1.82, 2.24) is 4.90 Å². The molecule has 2 atom stereocenters. The van der Waals surface area contributed by atoms with E-state index in [1.54, 1.807) is 0 Å². The molecule has 70 valence electrons. The van der Waals surface area contributed by atoms with E-state index in [4.69, 9.17) is 0 Å². The van der Waals surface area contributed by atoms with Crippen LogP contribution in [0.1, 0.15) is 32.6 Å². The van der Waals surface area contributed by atoms with Crippen molar-refractivity contribution in [2.45, 2.75) is 38.6 Å². The summed E-state index contributed by atoms with van der Waals surface area (Å²) < 4.78 is 0. The minimum absolute atomic E-state index is 0.592. The summed E-state index contributed by atoms with van der Waals surface area (Å²) in [4.78, 5) is 12.5. The molecule has 0 amide bonds. The smallest absolute Gasteiger partial charge is 0.133 e. The van der Waals surface area contributed by atoms with Crippen LogP contribution in [-0.2, 0) is 4.79 Å². The molecule has 0 aromatic heterocycles. The van der Waals surface area contributed by atoms with Gasteiger partial charge >= 0.3 is 0 Å². The van der Waals surface area contributed by atoms with E-state index in [0.29, 0.717) is 12.6 Å². The first-order valence-electron chi connectivity index (χ1n) is 4.89. The van der Waals surface area contributed by atoms with E-state index in [0.717, 1.165) is 12.2 Å². The summed E-state index contributed by atoms with van der Waals surface area (Å²) in [6.07, 6.45) is 6.30. The minimum atomic E-state index is 0.592. The van der Waals surface area contributed by atoms with Gasteiger partial charge in [-0.1, -0.05) is 19.8 Å². The van der Waals surface area contributed by atoms with Crippen LogP contribution in [0.5, 0.6) is 0 Å². The summed E-state index contributed by atoms with van der Waals surface area (Å²) in [7, 11) is 2.06. The summed E-state index contributed by atoms with van der Waals surface area (Å²) in [5.41, 5.74) is 0. The highest BCUT2D eigenvalue weighted by Crippen LogP contribution is 2.26. The Bertz CT molecular complexity index is 147. The topological polar surface area (TPSA) is 20.3 Å². The Morgan fingerprint density at radius 1 is 1.42 bits per heavy atom. The Balaban J connectivity index is 2.41. The molecule has 0 N–H and O–H groups in total. The first kappa shape index (κ1) is 9.72. The van der Waals surface area contributed by atoms with Crippen molar-refractivity contribution >= 4 is 6.29 Å². The van der Waals surface area contributed by atoms with Crippen LogP contribution >= 0.6 is 0 Å². The predicted molar refractivity (Wildman–Crippen MR) is 50.1 cm³/mol. The van der Waals surface area contributed by atoms with Crippen LogP contribution in [0, 0.1) is 5.92 Å². The van der Waals surface area contributed by atoms with Gasteiger partial charge in [-0.25, -0.2) is 0 Å². The molecule has 1 aliphatic carbocycles. The third kappa shape index (κ3) is 2.31. The molecule has 12 heavy (non-hydrogen) atoms. The van der Waals surface area contributed by atoms with Gasteiger partial charge in [0.15, 0.2) is 0 Å². The summed E-state index contributed by atoms with van der Waals surface area (Å²) in [6.45, 7) is 2.89. The van der Waals surface area contributed by atoms with Gasteiger partial charge in [0.2, 0.25) is 0 Å². The van der Waals surface area contributed by atoms with E-state index in [9.17, 15) is 4.79 Å². The predicted octanol–water partition coefficient (Wildman–Crippen LogP) is 1.70. The number of carbonyl (C=O) groups excluding carboxylic acids is 1. The van der Waals surface area contributed by atoms with Gasteiger partial charge in [0.1, 0.15) is 6.29 Å². The molecule has 0 radical (unpaired) electrons. The van der Waals surface area contributed by atoms with Gasteiger partial charge in [-0.3, -0.25) is 4.90 Å². The van der Waals surface area contributed by atoms with E-state index in [-0.39, 0.29) is 0 Å². The molecule has 1 rings (SSSR count). The van der Waals surface area contributed by atoms with Crippen molar-refractivity contribution in [3.63, 3.8) is 0 Å². The Morgan fingerprint density at radius 2 is 2.08 bits per heavy atom. The molecule has 2 heteroatoms. The molecule has 0 aromatic carbocycles. The number of hydrogen-bond acceptors (Lipinski definition) is 2. The fourth-order valence-electron chi connectivity index (χ4n) is 2.20. The highest BCUT2D eigenvalue weighted by molar-refractivity contribution is 5.51. The van der Waals surface area contributed by atoms with Gasteiger partial charge in [0.25, 0.3) is 0 Å². The standard InChI is InChI=1S/C10H19NO/c1-9-5-3-4-6-10(9)11(2)7-8-12/h8-10H,3-7H2,1-2H3. The third-order valence-electron chi connectivity index (χ3n) is 2.99. The average molecular weight is 169 g/mol. The first-order chi connectivity index (χ1) is 5.75. The summed E-state index contributed by atoms with van der Waals surface area (Å²) in [5, 5.41) is 0. The van der Waals surface area contributed by atoms with Crippen molar-refractivity contribution in [3.8, 4) is 0 Å². The monoisotopic (exact) mass is 169 g/mol. The van der Waals surface area contributed by atoms with Crippen LogP contribution in [0.25, 0.3) is 0 Å². The van der Waals surface area contributed by atoms with Crippen LogP contribution in [0.4, 0.5) is 0 Å². The quantitative estimate of drug-likeness (QED) is 0.599. The van der Waals surface area contributed by atoms with Gasteiger partial charge in [-0.15, -0.1) is 0 Å². The number of likely N-dealkylation sites (N-methyl/N-ethyl adjacent to an activating group) is 1. The zero-order valence-corrected chi connectivity index (χ0v) is 8.12. The lowest BCUT2D eigenvalue weighted by molar-refractivity contribution is -0.109. The molecule has 0 saturated heterocycles. The van der Waals surface area contributed by atoms with Gasteiger partial charge < -0.3 is 4.79 Å². The lowest BCUT2D eigenvalue weighted by Gasteiger charge is -2.35. The molecule has 0 spiro atoms. The average Bonchev–Trinajstić information content (AvgIpc) is 2.05. The molecular weight excluding hydrogens is 150 g/mol. The number of rotatable bonds is 3. The van der Waals surface area contributed by atoms with E-state index in [1.807, 2.05) is 0 Å². The van der Waals surface area contributed by atoms with Gasteiger partial charge in [-0.05, 0) is 25.8 Å². The maximum atomic E-state index is 10.3. The molecule has 1 saturated carbocycles. The molecule has 2 unspecified atom stereocenters. The lowest BCUT2D eigenvalue weighted by atomic mass is 9.85. The Labute approximate surface area is 74.9 Å².